The van der Waals surface area contributed by atoms with Crippen LogP contribution >= 0.6 is 0 Å². The summed E-state index contributed by atoms with van der Waals surface area (Å²) in [4.78, 5) is 15.6. The summed E-state index contributed by atoms with van der Waals surface area (Å²) in [5.41, 5.74) is 3.20. The Balaban J connectivity index is 2.23. The highest BCUT2D eigenvalue weighted by atomic mass is 16.5. The molecule has 0 N–H and O–H groups in total. The van der Waals surface area contributed by atoms with E-state index in [0.717, 1.165) is 29.7 Å². The number of allylic oxidation sites excluding steroid dienone is 1. The molecule has 15 heavy (non-hydrogen) atoms. The molecule has 1 aliphatic rings. The molecule has 0 saturated carbocycles. The summed E-state index contributed by atoms with van der Waals surface area (Å²) in [5.74, 6) is -0.260. The molecule has 1 aromatic heterocycles. The third-order valence-electron chi connectivity index (χ3n) is 2.45. The topological polar surface area (TPSA) is 39.2 Å². The molecule has 0 spiro atoms. The number of aryl methyl sites for hydroxylation is 1. The normalized spacial score (nSPS) is 16.5. The van der Waals surface area contributed by atoms with Gasteiger partial charge in [0.05, 0.1) is 6.61 Å². The van der Waals surface area contributed by atoms with Crippen molar-refractivity contribution in [3.8, 4) is 0 Å². The number of esters is 1. The van der Waals surface area contributed by atoms with Gasteiger partial charge in [0, 0.05) is 18.0 Å². The molecular weight excluding hydrogens is 190 g/mol. The molecule has 0 saturated heterocycles. The van der Waals surface area contributed by atoms with Gasteiger partial charge in [0.25, 0.3) is 0 Å². The maximum atomic E-state index is 11.3. The highest BCUT2D eigenvalue weighted by molar-refractivity contribution is 5.92. The molecular formula is C12H13NO2. The van der Waals surface area contributed by atoms with Gasteiger partial charge in [-0.3, -0.25) is 4.98 Å². The van der Waals surface area contributed by atoms with Gasteiger partial charge in [0.15, 0.2) is 0 Å². The van der Waals surface area contributed by atoms with Gasteiger partial charge in [0.2, 0.25) is 0 Å². The first kappa shape index (κ1) is 9.90. The van der Waals surface area contributed by atoms with Crippen molar-refractivity contribution in [3.63, 3.8) is 0 Å². The Labute approximate surface area is 88.8 Å². The zero-order valence-corrected chi connectivity index (χ0v) is 8.69. The Hall–Kier alpha value is -1.64. The van der Waals surface area contributed by atoms with Gasteiger partial charge in [-0.05, 0) is 37.0 Å². The maximum absolute atomic E-state index is 11.3. The maximum Gasteiger partial charge on any atom is 0.331 e. The molecule has 0 fully saturated rings. The van der Waals surface area contributed by atoms with E-state index < -0.39 is 0 Å². The second-order valence-corrected chi connectivity index (χ2v) is 3.42. The Morgan fingerprint density at radius 3 is 3.27 bits per heavy atom. The van der Waals surface area contributed by atoms with Gasteiger partial charge in [0.1, 0.15) is 0 Å². The van der Waals surface area contributed by atoms with Crippen LogP contribution in [0.5, 0.6) is 0 Å². The molecule has 3 nitrogen and oxygen atoms in total. The summed E-state index contributed by atoms with van der Waals surface area (Å²) in [7, 11) is 0. The Morgan fingerprint density at radius 1 is 1.60 bits per heavy atom. The zero-order chi connectivity index (χ0) is 10.7. The predicted molar refractivity (Wildman–Crippen MR) is 57.2 cm³/mol. The minimum atomic E-state index is -0.260. The standard InChI is InChI=1S/C12H13NO2/c1-2-15-12(14)8-9-5-6-11-10(9)4-3-7-13-11/h3-4,7-8H,2,5-6H2,1H3/b9-8-. The third-order valence-corrected chi connectivity index (χ3v) is 2.45. The molecule has 0 unspecified atom stereocenters. The molecule has 0 aromatic carbocycles. The third kappa shape index (κ3) is 2.06. The number of aromatic nitrogens is 1. The number of hydrogen-bond donors (Lipinski definition) is 0. The van der Waals surface area contributed by atoms with Crippen LogP contribution in [0.15, 0.2) is 24.4 Å². The molecule has 0 bridgehead atoms. The smallest absolute Gasteiger partial charge is 0.331 e. The van der Waals surface area contributed by atoms with Gasteiger partial charge in [-0.15, -0.1) is 0 Å². The highest BCUT2D eigenvalue weighted by Gasteiger charge is 2.17. The van der Waals surface area contributed by atoms with Crippen LogP contribution in [0.4, 0.5) is 0 Å². The monoisotopic (exact) mass is 203 g/mol. The molecule has 1 heterocycles. The minimum absolute atomic E-state index is 0.260. The van der Waals surface area contributed by atoms with E-state index >= 15 is 0 Å². The van der Waals surface area contributed by atoms with Crippen LogP contribution in [0.3, 0.4) is 0 Å². The summed E-state index contributed by atoms with van der Waals surface area (Å²) in [6.07, 6.45) is 5.16. The molecule has 0 aliphatic heterocycles. The Bertz CT molecular complexity index is 410. The lowest BCUT2D eigenvalue weighted by molar-refractivity contribution is -0.137. The summed E-state index contributed by atoms with van der Waals surface area (Å²) >= 11 is 0. The van der Waals surface area contributed by atoms with Crippen LogP contribution in [-0.4, -0.2) is 17.6 Å². The van der Waals surface area contributed by atoms with Gasteiger partial charge >= 0.3 is 5.97 Å². The highest BCUT2D eigenvalue weighted by Crippen LogP contribution is 2.30. The van der Waals surface area contributed by atoms with Crippen molar-refractivity contribution in [1.29, 1.82) is 0 Å². The first-order valence-electron chi connectivity index (χ1n) is 5.13. The van der Waals surface area contributed by atoms with Crippen molar-refractivity contribution in [2.75, 3.05) is 6.61 Å². The lowest BCUT2D eigenvalue weighted by Crippen LogP contribution is -2.00. The fourth-order valence-electron chi connectivity index (χ4n) is 1.79. The first-order valence-corrected chi connectivity index (χ1v) is 5.13. The fourth-order valence-corrected chi connectivity index (χ4v) is 1.79. The average molecular weight is 203 g/mol. The van der Waals surface area contributed by atoms with Gasteiger partial charge < -0.3 is 4.74 Å². The van der Waals surface area contributed by atoms with E-state index in [1.807, 2.05) is 12.1 Å². The van der Waals surface area contributed by atoms with Crippen LogP contribution < -0.4 is 0 Å². The average Bonchev–Trinajstić information content (AvgIpc) is 2.62. The van der Waals surface area contributed by atoms with Crippen LogP contribution in [0.1, 0.15) is 24.6 Å². The van der Waals surface area contributed by atoms with Crippen molar-refractivity contribution < 1.29 is 9.53 Å². The molecule has 1 aromatic rings. The second-order valence-electron chi connectivity index (χ2n) is 3.42. The van der Waals surface area contributed by atoms with Crippen LogP contribution in [-0.2, 0) is 16.0 Å². The lowest BCUT2D eigenvalue weighted by Gasteiger charge is -2.00. The Kier molecular flexibility index (Phi) is 2.81. The van der Waals surface area contributed by atoms with E-state index in [1.165, 1.54) is 0 Å². The van der Waals surface area contributed by atoms with Crippen LogP contribution in [0, 0.1) is 0 Å². The van der Waals surface area contributed by atoms with Crippen molar-refractivity contribution in [2.45, 2.75) is 19.8 Å². The zero-order valence-electron chi connectivity index (χ0n) is 8.69. The van der Waals surface area contributed by atoms with Crippen molar-refractivity contribution in [3.05, 3.63) is 35.7 Å². The van der Waals surface area contributed by atoms with E-state index in [2.05, 4.69) is 4.98 Å². The summed E-state index contributed by atoms with van der Waals surface area (Å²) in [6.45, 7) is 2.23. The molecule has 78 valence electrons. The second kappa shape index (κ2) is 4.26. The SMILES string of the molecule is CCOC(=O)/C=C1/CCc2ncccc21. The molecule has 0 radical (unpaired) electrons. The lowest BCUT2D eigenvalue weighted by atomic mass is 10.1. The number of fused-ring (bicyclic) bond motifs is 1. The minimum Gasteiger partial charge on any atom is -0.463 e. The van der Waals surface area contributed by atoms with Gasteiger partial charge in [-0.1, -0.05) is 6.07 Å². The molecule has 0 atom stereocenters. The summed E-state index contributed by atoms with van der Waals surface area (Å²) < 4.78 is 4.88. The van der Waals surface area contributed by atoms with Gasteiger partial charge in [-0.25, -0.2) is 4.79 Å². The molecule has 1 aliphatic carbocycles. The van der Waals surface area contributed by atoms with Crippen molar-refractivity contribution in [2.24, 2.45) is 0 Å². The summed E-state index contributed by atoms with van der Waals surface area (Å²) in [5, 5.41) is 0. The fraction of sp³-hybridized carbons (Fsp3) is 0.333. The number of ether oxygens (including phenoxy) is 1. The van der Waals surface area contributed by atoms with E-state index in [4.69, 9.17) is 4.74 Å². The van der Waals surface area contributed by atoms with Gasteiger partial charge in [-0.2, -0.15) is 0 Å². The molecule has 0 amide bonds. The van der Waals surface area contributed by atoms with E-state index in [0.29, 0.717) is 6.61 Å². The van der Waals surface area contributed by atoms with Crippen LogP contribution in [0.25, 0.3) is 5.57 Å². The quantitative estimate of drug-likeness (QED) is 0.545. The van der Waals surface area contributed by atoms with Crippen molar-refractivity contribution >= 4 is 11.5 Å². The van der Waals surface area contributed by atoms with E-state index in [-0.39, 0.29) is 5.97 Å². The van der Waals surface area contributed by atoms with E-state index in [9.17, 15) is 4.79 Å². The predicted octanol–water partition coefficient (Wildman–Crippen LogP) is 1.97. The number of carbonyl (C=O) groups is 1. The number of nitrogens with zero attached hydrogens (tertiary/aromatic N) is 1. The largest absolute Gasteiger partial charge is 0.463 e. The molecule has 3 heteroatoms. The Morgan fingerprint density at radius 2 is 2.47 bits per heavy atom. The molecule has 2 rings (SSSR count). The van der Waals surface area contributed by atoms with Crippen molar-refractivity contribution in [1.82, 2.24) is 4.98 Å². The number of pyridine rings is 1. The van der Waals surface area contributed by atoms with E-state index in [1.54, 1.807) is 19.2 Å². The number of rotatable bonds is 2. The van der Waals surface area contributed by atoms with Crippen LogP contribution in [0.2, 0.25) is 0 Å². The number of carbonyl (C=O) groups excluding carboxylic acids is 1. The first-order chi connectivity index (χ1) is 7.31. The summed E-state index contributed by atoms with van der Waals surface area (Å²) in [6, 6.07) is 3.89. The number of hydrogen-bond acceptors (Lipinski definition) is 3.